The van der Waals surface area contributed by atoms with Crippen molar-refractivity contribution in [2.45, 2.75) is 13.8 Å². The molecule has 0 aliphatic rings. The van der Waals surface area contributed by atoms with Crippen LogP contribution in [-0.2, 0) is 0 Å². The van der Waals surface area contributed by atoms with E-state index >= 15 is 0 Å². The van der Waals surface area contributed by atoms with Gasteiger partial charge in [-0.2, -0.15) is 0 Å². The number of carboxylic acid groups (broad SMARTS) is 1. The van der Waals surface area contributed by atoms with Crippen molar-refractivity contribution in [3.05, 3.63) is 34.4 Å². The van der Waals surface area contributed by atoms with Gasteiger partial charge in [-0.25, -0.2) is 13.6 Å². The molecule has 4 heteroatoms. The van der Waals surface area contributed by atoms with Crippen molar-refractivity contribution < 1.29 is 18.7 Å². The monoisotopic (exact) mass is 186 g/mol. The summed E-state index contributed by atoms with van der Waals surface area (Å²) >= 11 is 0. The van der Waals surface area contributed by atoms with E-state index in [-0.39, 0.29) is 11.1 Å². The van der Waals surface area contributed by atoms with E-state index in [9.17, 15) is 13.6 Å². The van der Waals surface area contributed by atoms with Crippen LogP contribution in [0.5, 0.6) is 0 Å². The first-order chi connectivity index (χ1) is 5.95. The van der Waals surface area contributed by atoms with E-state index in [4.69, 9.17) is 5.11 Å². The van der Waals surface area contributed by atoms with Crippen molar-refractivity contribution in [2.75, 3.05) is 0 Å². The van der Waals surface area contributed by atoms with E-state index in [1.165, 1.54) is 13.8 Å². The molecule has 1 N–H and O–H groups in total. The largest absolute Gasteiger partial charge is 0.478 e. The number of aromatic carboxylic acids is 1. The highest BCUT2D eigenvalue weighted by molar-refractivity contribution is 5.90. The van der Waals surface area contributed by atoms with Gasteiger partial charge in [0.05, 0.1) is 0 Å². The maximum absolute atomic E-state index is 13.1. The number of carbonyl (C=O) groups is 1. The third-order valence-corrected chi connectivity index (χ3v) is 1.86. The van der Waals surface area contributed by atoms with Crippen LogP contribution in [0, 0.1) is 25.5 Å². The van der Waals surface area contributed by atoms with E-state index < -0.39 is 23.2 Å². The highest BCUT2D eigenvalue weighted by Gasteiger charge is 2.18. The zero-order chi connectivity index (χ0) is 10.2. The first-order valence-corrected chi connectivity index (χ1v) is 3.63. The summed E-state index contributed by atoms with van der Waals surface area (Å²) in [5.41, 5.74) is -0.756. The van der Waals surface area contributed by atoms with E-state index in [2.05, 4.69) is 0 Å². The summed E-state index contributed by atoms with van der Waals surface area (Å²) in [4.78, 5) is 10.5. The summed E-state index contributed by atoms with van der Waals surface area (Å²) in [5.74, 6) is -3.01. The fraction of sp³-hybridized carbons (Fsp3) is 0.222. The Kier molecular flexibility index (Phi) is 2.32. The Morgan fingerprint density at radius 3 is 2.38 bits per heavy atom. The van der Waals surface area contributed by atoms with Crippen LogP contribution in [0.1, 0.15) is 21.5 Å². The standard InChI is InChI=1S/C9H8F2O2/c1-4-3-6(10)5(2)7(8(4)11)9(12)13/h3H,1-2H3,(H,12,13). The lowest BCUT2D eigenvalue weighted by Crippen LogP contribution is -2.07. The highest BCUT2D eigenvalue weighted by atomic mass is 19.1. The second-order valence-electron chi connectivity index (χ2n) is 2.79. The molecule has 0 spiro atoms. The Hall–Kier alpha value is -1.45. The molecule has 0 radical (unpaired) electrons. The minimum atomic E-state index is -1.45. The van der Waals surface area contributed by atoms with Gasteiger partial charge in [-0.15, -0.1) is 0 Å². The van der Waals surface area contributed by atoms with Gasteiger partial charge in [-0.3, -0.25) is 0 Å². The van der Waals surface area contributed by atoms with Crippen LogP contribution in [0.3, 0.4) is 0 Å². The van der Waals surface area contributed by atoms with Crippen LogP contribution < -0.4 is 0 Å². The van der Waals surface area contributed by atoms with Gasteiger partial charge in [0.15, 0.2) is 0 Å². The van der Waals surface area contributed by atoms with Gasteiger partial charge in [0.25, 0.3) is 0 Å². The van der Waals surface area contributed by atoms with Gasteiger partial charge in [-0.05, 0) is 25.5 Å². The molecule has 0 saturated heterocycles. The average Bonchev–Trinajstić information content (AvgIpc) is 2.01. The van der Waals surface area contributed by atoms with Crippen molar-refractivity contribution in [3.8, 4) is 0 Å². The van der Waals surface area contributed by atoms with Gasteiger partial charge in [0.2, 0.25) is 0 Å². The van der Waals surface area contributed by atoms with Gasteiger partial charge < -0.3 is 5.11 Å². The lowest BCUT2D eigenvalue weighted by molar-refractivity contribution is 0.0690. The first kappa shape index (κ1) is 9.64. The third kappa shape index (κ3) is 1.52. The van der Waals surface area contributed by atoms with E-state index in [0.717, 1.165) is 6.07 Å². The fourth-order valence-corrected chi connectivity index (χ4v) is 1.10. The summed E-state index contributed by atoms with van der Waals surface area (Å²) in [6, 6.07) is 0.983. The van der Waals surface area contributed by atoms with Crippen molar-refractivity contribution >= 4 is 5.97 Å². The minimum Gasteiger partial charge on any atom is -0.478 e. The topological polar surface area (TPSA) is 37.3 Å². The Bertz CT molecular complexity index is 346. The first-order valence-electron chi connectivity index (χ1n) is 3.63. The molecule has 0 aliphatic carbocycles. The molecule has 0 heterocycles. The zero-order valence-electron chi connectivity index (χ0n) is 7.19. The number of hydrogen-bond acceptors (Lipinski definition) is 1. The Morgan fingerprint density at radius 1 is 1.38 bits per heavy atom. The molecule has 0 unspecified atom stereocenters. The number of hydrogen-bond donors (Lipinski definition) is 1. The van der Waals surface area contributed by atoms with Gasteiger partial charge in [0, 0.05) is 5.56 Å². The number of carboxylic acids is 1. The van der Waals surface area contributed by atoms with Gasteiger partial charge in [0.1, 0.15) is 17.2 Å². The molecule has 13 heavy (non-hydrogen) atoms. The summed E-state index contributed by atoms with van der Waals surface area (Å²) in [7, 11) is 0. The molecule has 1 aromatic rings. The number of benzene rings is 1. The van der Waals surface area contributed by atoms with Crippen molar-refractivity contribution in [2.24, 2.45) is 0 Å². The molecule has 0 aliphatic heterocycles. The summed E-state index contributed by atoms with van der Waals surface area (Å²) in [6.07, 6.45) is 0. The highest BCUT2D eigenvalue weighted by Crippen LogP contribution is 2.19. The summed E-state index contributed by atoms with van der Waals surface area (Å²) in [5, 5.41) is 8.59. The quantitative estimate of drug-likeness (QED) is 0.730. The molecule has 0 amide bonds. The number of aryl methyl sites for hydroxylation is 1. The van der Waals surface area contributed by atoms with Crippen LogP contribution >= 0.6 is 0 Å². The predicted octanol–water partition coefficient (Wildman–Crippen LogP) is 2.28. The van der Waals surface area contributed by atoms with Gasteiger partial charge in [-0.1, -0.05) is 0 Å². The molecule has 0 atom stereocenters. The molecule has 70 valence electrons. The fourth-order valence-electron chi connectivity index (χ4n) is 1.10. The molecule has 1 aromatic carbocycles. The van der Waals surface area contributed by atoms with Crippen molar-refractivity contribution in [1.82, 2.24) is 0 Å². The maximum Gasteiger partial charge on any atom is 0.339 e. The van der Waals surface area contributed by atoms with E-state index in [0.29, 0.717) is 0 Å². The molecule has 0 aromatic heterocycles. The molecule has 0 fully saturated rings. The SMILES string of the molecule is Cc1cc(F)c(C)c(C(=O)O)c1F. The second-order valence-corrected chi connectivity index (χ2v) is 2.79. The van der Waals surface area contributed by atoms with E-state index in [1.54, 1.807) is 0 Å². The van der Waals surface area contributed by atoms with Crippen LogP contribution in [0.2, 0.25) is 0 Å². The summed E-state index contributed by atoms with van der Waals surface area (Å²) < 4.78 is 26.1. The maximum atomic E-state index is 13.1. The Morgan fingerprint density at radius 2 is 1.92 bits per heavy atom. The van der Waals surface area contributed by atoms with Crippen LogP contribution in [0.15, 0.2) is 6.07 Å². The lowest BCUT2D eigenvalue weighted by Gasteiger charge is -2.05. The van der Waals surface area contributed by atoms with E-state index in [1.807, 2.05) is 0 Å². The van der Waals surface area contributed by atoms with Crippen LogP contribution in [0.4, 0.5) is 8.78 Å². The van der Waals surface area contributed by atoms with Crippen molar-refractivity contribution in [3.63, 3.8) is 0 Å². The Labute approximate surface area is 73.8 Å². The normalized spacial score (nSPS) is 10.2. The molecular weight excluding hydrogens is 178 g/mol. The number of halogens is 2. The third-order valence-electron chi connectivity index (χ3n) is 1.86. The molecule has 0 saturated carbocycles. The Balaban J connectivity index is 3.56. The van der Waals surface area contributed by atoms with Gasteiger partial charge >= 0.3 is 5.97 Å². The smallest absolute Gasteiger partial charge is 0.339 e. The molecule has 1 rings (SSSR count). The zero-order valence-corrected chi connectivity index (χ0v) is 7.19. The average molecular weight is 186 g/mol. The second kappa shape index (κ2) is 3.12. The summed E-state index contributed by atoms with van der Waals surface area (Å²) in [6.45, 7) is 2.56. The van der Waals surface area contributed by atoms with Crippen LogP contribution in [-0.4, -0.2) is 11.1 Å². The number of rotatable bonds is 1. The van der Waals surface area contributed by atoms with Crippen molar-refractivity contribution in [1.29, 1.82) is 0 Å². The molecular formula is C9H8F2O2. The molecule has 0 bridgehead atoms. The van der Waals surface area contributed by atoms with Crippen LogP contribution in [0.25, 0.3) is 0 Å². The lowest BCUT2D eigenvalue weighted by atomic mass is 10.0. The minimum absolute atomic E-state index is 0.000463. The molecule has 2 nitrogen and oxygen atoms in total. The predicted molar refractivity (Wildman–Crippen MR) is 42.8 cm³/mol.